The zero-order chi connectivity index (χ0) is 11.4. The van der Waals surface area contributed by atoms with Gasteiger partial charge in [-0.05, 0) is 24.3 Å². The second-order valence-corrected chi connectivity index (χ2v) is 3.62. The molecule has 0 aliphatic rings. The van der Waals surface area contributed by atoms with E-state index in [1.54, 1.807) is 36.4 Å². The Bertz CT molecular complexity index is 471. The van der Waals surface area contributed by atoms with Crippen LogP contribution in [0.4, 0.5) is 4.39 Å². The van der Waals surface area contributed by atoms with Gasteiger partial charge in [0.2, 0.25) is 0 Å². The van der Waals surface area contributed by atoms with Gasteiger partial charge in [-0.1, -0.05) is 35.9 Å². The Morgan fingerprint density at radius 3 is 2.69 bits per heavy atom. The van der Waals surface area contributed by atoms with Crippen LogP contribution in [0.1, 0.15) is 5.56 Å². The first-order valence-corrected chi connectivity index (χ1v) is 5.17. The van der Waals surface area contributed by atoms with Crippen LogP contribution >= 0.6 is 11.6 Å². The minimum absolute atomic E-state index is 0.116. The largest absolute Gasteiger partial charge is 0.489 e. The van der Waals surface area contributed by atoms with E-state index in [0.29, 0.717) is 11.3 Å². The quantitative estimate of drug-likeness (QED) is 0.785. The van der Waals surface area contributed by atoms with Gasteiger partial charge in [-0.15, -0.1) is 0 Å². The van der Waals surface area contributed by atoms with Crippen molar-refractivity contribution >= 4 is 11.6 Å². The highest BCUT2D eigenvalue weighted by atomic mass is 35.5. The fourth-order valence-corrected chi connectivity index (χ4v) is 1.47. The van der Waals surface area contributed by atoms with E-state index in [2.05, 4.69) is 6.07 Å². The van der Waals surface area contributed by atoms with Crippen molar-refractivity contribution in [1.29, 1.82) is 0 Å². The highest BCUT2D eigenvalue weighted by Gasteiger charge is 2.05. The van der Waals surface area contributed by atoms with Crippen molar-refractivity contribution in [3.63, 3.8) is 0 Å². The Balaban J connectivity index is 2.08. The number of rotatable bonds is 3. The maximum atomic E-state index is 13.1. The predicted octanol–water partition coefficient (Wildman–Crippen LogP) is 3.86. The third-order valence-corrected chi connectivity index (χ3v) is 2.54. The summed E-state index contributed by atoms with van der Waals surface area (Å²) >= 11 is 5.80. The zero-order valence-electron chi connectivity index (χ0n) is 8.41. The fraction of sp³-hybridized carbons (Fsp3) is 0.0769. The van der Waals surface area contributed by atoms with Gasteiger partial charge >= 0.3 is 0 Å². The van der Waals surface area contributed by atoms with E-state index < -0.39 is 5.82 Å². The van der Waals surface area contributed by atoms with Gasteiger partial charge in [0.1, 0.15) is 18.2 Å². The molecule has 0 atom stereocenters. The third kappa shape index (κ3) is 2.52. The van der Waals surface area contributed by atoms with Crippen LogP contribution in [0.3, 0.4) is 0 Å². The topological polar surface area (TPSA) is 9.23 Å². The molecule has 0 spiro atoms. The average Bonchev–Trinajstić information content (AvgIpc) is 2.32. The summed E-state index contributed by atoms with van der Waals surface area (Å²) in [4.78, 5) is 0. The molecule has 1 radical (unpaired) electrons. The van der Waals surface area contributed by atoms with E-state index >= 15 is 0 Å². The van der Waals surface area contributed by atoms with Crippen LogP contribution in [0, 0.1) is 11.9 Å². The summed E-state index contributed by atoms with van der Waals surface area (Å²) < 4.78 is 18.6. The second kappa shape index (κ2) is 4.99. The molecule has 0 N–H and O–H groups in total. The molecule has 2 rings (SSSR count). The highest BCUT2D eigenvalue weighted by molar-refractivity contribution is 6.31. The minimum Gasteiger partial charge on any atom is -0.489 e. The van der Waals surface area contributed by atoms with E-state index in [1.807, 2.05) is 0 Å². The van der Waals surface area contributed by atoms with Crippen molar-refractivity contribution in [3.8, 4) is 5.75 Å². The summed E-state index contributed by atoms with van der Waals surface area (Å²) in [6, 6.07) is 14.6. The van der Waals surface area contributed by atoms with Gasteiger partial charge in [0.15, 0.2) is 0 Å². The maximum Gasteiger partial charge on any atom is 0.142 e. The molecule has 2 aromatic rings. The van der Waals surface area contributed by atoms with Crippen LogP contribution in [0.2, 0.25) is 5.02 Å². The van der Waals surface area contributed by atoms with E-state index in [9.17, 15) is 4.39 Å². The lowest BCUT2D eigenvalue weighted by atomic mass is 10.2. The van der Waals surface area contributed by atoms with Gasteiger partial charge in [0.25, 0.3) is 0 Å². The molecular weight excluding hydrogens is 227 g/mol. The van der Waals surface area contributed by atoms with Crippen LogP contribution in [-0.4, -0.2) is 0 Å². The van der Waals surface area contributed by atoms with E-state index in [4.69, 9.17) is 16.3 Å². The average molecular weight is 236 g/mol. The Kier molecular flexibility index (Phi) is 3.42. The van der Waals surface area contributed by atoms with Gasteiger partial charge in [0.05, 0.1) is 5.02 Å². The molecule has 0 unspecified atom stereocenters. The van der Waals surface area contributed by atoms with Crippen molar-refractivity contribution in [2.45, 2.75) is 6.61 Å². The SMILES string of the molecule is Fc1cccc(COc2cc[c]cc2)c1Cl. The molecule has 81 valence electrons. The van der Waals surface area contributed by atoms with Crippen LogP contribution in [0.5, 0.6) is 5.75 Å². The second-order valence-electron chi connectivity index (χ2n) is 3.24. The minimum atomic E-state index is -0.427. The molecule has 3 heteroatoms. The Morgan fingerprint density at radius 1 is 1.19 bits per heavy atom. The van der Waals surface area contributed by atoms with Gasteiger partial charge in [-0.2, -0.15) is 0 Å². The van der Waals surface area contributed by atoms with Crippen molar-refractivity contribution in [2.24, 2.45) is 0 Å². The third-order valence-electron chi connectivity index (χ3n) is 2.11. The highest BCUT2D eigenvalue weighted by Crippen LogP contribution is 2.21. The Labute approximate surface area is 98.4 Å². The van der Waals surface area contributed by atoms with Crippen molar-refractivity contribution < 1.29 is 9.13 Å². The number of hydrogen-bond acceptors (Lipinski definition) is 1. The molecule has 0 aliphatic heterocycles. The molecule has 0 bridgehead atoms. The first kappa shape index (κ1) is 11.0. The normalized spacial score (nSPS) is 10.1. The summed E-state index contributed by atoms with van der Waals surface area (Å²) in [5.41, 5.74) is 0.634. The number of ether oxygens (including phenoxy) is 1. The standard InChI is InChI=1S/C13H9ClFO/c14-13-10(5-4-8-12(13)15)9-16-11-6-2-1-3-7-11/h2-8H,9H2. The summed E-state index contributed by atoms with van der Waals surface area (Å²) in [5, 5.41) is 0.116. The van der Waals surface area contributed by atoms with E-state index in [1.165, 1.54) is 6.07 Å². The lowest BCUT2D eigenvalue weighted by molar-refractivity contribution is 0.305. The first-order valence-electron chi connectivity index (χ1n) is 4.79. The summed E-state index contributed by atoms with van der Waals surface area (Å²) in [7, 11) is 0. The molecule has 0 aromatic heterocycles. The fourth-order valence-electron chi connectivity index (χ4n) is 1.29. The van der Waals surface area contributed by atoms with Gasteiger partial charge < -0.3 is 4.74 Å². The molecular formula is C13H9ClFO. The molecule has 0 heterocycles. The van der Waals surface area contributed by atoms with Gasteiger partial charge in [-0.3, -0.25) is 0 Å². The summed E-state index contributed by atoms with van der Waals surface area (Å²) in [6.45, 7) is 0.251. The zero-order valence-corrected chi connectivity index (χ0v) is 9.17. The number of hydrogen-bond donors (Lipinski definition) is 0. The van der Waals surface area contributed by atoms with Crippen molar-refractivity contribution in [1.82, 2.24) is 0 Å². The lowest BCUT2D eigenvalue weighted by Crippen LogP contribution is -1.97. The monoisotopic (exact) mass is 235 g/mol. The van der Waals surface area contributed by atoms with Crippen LogP contribution in [0.25, 0.3) is 0 Å². The number of halogens is 2. The predicted molar refractivity (Wildman–Crippen MR) is 61.0 cm³/mol. The molecule has 0 fully saturated rings. The van der Waals surface area contributed by atoms with Gasteiger partial charge in [0, 0.05) is 5.56 Å². The summed E-state index contributed by atoms with van der Waals surface area (Å²) in [6.07, 6.45) is 0. The molecule has 0 saturated heterocycles. The molecule has 0 saturated carbocycles. The van der Waals surface area contributed by atoms with Crippen molar-refractivity contribution in [2.75, 3.05) is 0 Å². The Hall–Kier alpha value is -1.54. The molecule has 1 nitrogen and oxygen atoms in total. The molecule has 16 heavy (non-hydrogen) atoms. The van der Waals surface area contributed by atoms with E-state index in [-0.39, 0.29) is 11.6 Å². The van der Waals surface area contributed by atoms with E-state index in [0.717, 1.165) is 0 Å². The molecule has 2 aromatic carbocycles. The molecule has 0 aliphatic carbocycles. The summed E-state index contributed by atoms with van der Waals surface area (Å²) in [5.74, 6) is 0.281. The Morgan fingerprint density at radius 2 is 1.94 bits per heavy atom. The van der Waals surface area contributed by atoms with Crippen LogP contribution in [0.15, 0.2) is 42.5 Å². The molecule has 0 amide bonds. The van der Waals surface area contributed by atoms with Crippen molar-refractivity contribution in [3.05, 3.63) is 64.9 Å². The maximum absolute atomic E-state index is 13.1. The number of benzene rings is 2. The lowest BCUT2D eigenvalue weighted by Gasteiger charge is -2.07. The van der Waals surface area contributed by atoms with Crippen LogP contribution in [-0.2, 0) is 6.61 Å². The van der Waals surface area contributed by atoms with Gasteiger partial charge in [-0.25, -0.2) is 4.39 Å². The first-order chi connectivity index (χ1) is 7.77. The van der Waals surface area contributed by atoms with Crippen LogP contribution < -0.4 is 4.74 Å². The smallest absolute Gasteiger partial charge is 0.142 e.